The molecule has 2 aromatic carbocycles. The molecule has 106 heavy (non-hydrogen) atoms. The number of hydrogen-bond donors (Lipinski definition) is 3. The van der Waals surface area contributed by atoms with Crippen LogP contribution in [0.25, 0.3) is 0 Å². The van der Waals surface area contributed by atoms with Crippen LogP contribution in [0.2, 0.25) is 0 Å². The molecule has 0 aromatic heterocycles. The number of carbonyl (C=O) groups excluding carboxylic acids is 12. The second kappa shape index (κ2) is 40.5. The van der Waals surface area contributed by atoms with Crippen molar-refractivity contribution in [1.29, 1.82) is 0 Å². The number of imide groups is 2. The van der Waals surface area contributed by atoms with Crippen molar-refractivity contribution in [2.75, 3.05) is 87.7 Å². The summed E-state index contributed by atoms with van der Waals surface area (Å²) in [5.41, 5.74) is 3.23. The van der Waals surface area contributed by atoms with Gasteiger partial charge in [-0.1, -0.05) is 99.1 Å². The van der Waals surface area contributed by atoms with Crippen LogP contribution >= 0.6 is 0 Å². The Hall–Kier alpha value is -8.38. The molecule has 0 spiro atoms. The van der Waals surface area contributed by atoms with Crippen LogP contribution in [0.1, 0.15) is 181 Å². The Bertz CT molecular complexity index is 3360. The van der Waals surface area contributed by atoms with Gasteiger partial charge in [0, 0.05) is 80.8 Å². The first kappa shape index (κ1) is 88.2. The molecule has 3 aliphatic rings. The molecule has 0 radical (unpaired) electrons. The molecule has 4 N–H and O–H groups in total. The fraction of sp³-hybridized carbons (Fsp3) is 0.680. The summed E-state index contributed by atoms with van der Waals surface area (Å²) in [6, 6.07) is -4.44. The zero-order valence-electron chi connectivity index (χ0n) is 63.9. The quantitative estimate of drug-likeness (QED) is 0.0430. The molecule has 25 nitrogen and oxygen atoms in total. The number of nitrogens with one attached hydrogen (secondary N) is 2. The number of alkyl halides is 3. The van der Waals surface area contributed by atoms with E-state index in [9.17, 15) is 55.1 Å². The molecular weight excluding hydrogens is 1390 g/mol. The Kier molecular flexibility index (Phi) is 33.8. The van der Waals surface area contributed by atoms with Crippen LogP contribution in [0.4, 0.5) is 35.9 Å². The van der Waals surface area contributed by atoms with Gasteiger partial charge in [0.25, 0.3) is 5.91 Å². The lowest BCUT2D eigenvalue weighted by molar-refractivity contribution is -0.157. The lowest BCUT2D eigenvalue weighted by atomic mass is 9.90. The van der Waals surface area contributed by atoms with Crippen molar-refractivity contribution in [2.24, 2.45) is 23.5 Å². The number of benzene rings is 2. The van der Waals surface area contributed by atoms with Crippen LogP contribution in [0, 0.1) is 35.2 Å². The van der Waals surface area contributed by atoms with Gasteiger partial charge in [0.15, 0.2) is 17.5 Å². The number of amides is 14. The molecule has 2 aromatic rings. The highest BCUT2D eigenvalue weighted by Crippen LogP contribution is 2.37. The molecule has 592 valence electrons. The highest BCUT2D eigenvalue weighted by Gasteiger charge is 2.51. The average molecular weight is 1500 g/mol. The first-order valence-corrected chi connectivity index (χ1v) is 37.2. The number of hydrogen-bond acceptors (Lipinski definition) is 13. The molecule has 7 atom stereocenters. The van der Waals surface area contributed by atoms with Crippen LogP contribution in [0.15, 0.2) is 36.4 Å². The molecule has 0 unspecified atom stereocenters. The number of urea groups is 2. The monoisotopic (exact) mass is 1500 g/mol. The van der Waals surface area contributed by atoms with E-state index in [1.807, 2.05) is 20.8 Å². The number of likely N-dealkylation sites (N-methyl/N-ethyl adjacent to an activating group) is 5. The third-order valence-electron chi connectivity index (χ3n) is 20.7. The van der Waals surface area contributed by atoms with E-state index in [0.717, 1.165) is 65.8 Å². The van der Waals surface area contributed by atoms with E-state index in [2.05, 4.69) is 10.6 Å². The van der Waals surface area contributed by atoms with E-state index in [4.69, 9.17) is 10.5 Å². The topological polar surface area (TPSA) is 293 Å². The van der Waals surface area contributed by atoms with Crippen LogP contribution < -0.4 is 16.4 Å². The molecule has 1 heterocycles. The highest BCUT2D eigenvalue weighted by atomic mass is 19.4. The number of morpholine rings is 1. The SMILES string of the molecule is CCCCN(C(=O)CCCc1cc(F)c(F)c(F)c1)C(=O)NC1(C(=O)N(C)[C@H](C(=O)N(C)[C@@H](CC(=O)N(C)[C@@H](CC(C)C)C(=O)N[C@H](C(=O)N(C)[C@@H](C)C(=O)N(CCC)C(=O)N(CCC)[C@@H](Cc2ccc(C(F)(F)F)cc2)C(=O)N(C)CC(N)=O)[C@@H](C)CC)C(=O)N2CCOCC2)C2CCCC2)CCCC1. The Labute approximate surface area is 619 Å². The lowest BCUT2D eigenvalue weighted by Crippen LogP contribution is -2.65. The van der Waals surface area contributed by atoms with Gasteiger partial charge < -0.3 is 55.4 Å². The van der Waals surface area contributed by atoms with E-state index >= 15 is 28.8 Å². The van der Waals surface area contributed by atoms with Gasteiger partial charge in [-0.2, -0.15) is 13.2 Å². The van der Waals surface area contributed by atoms with E-state index in [1.54, 1.807) is 27.7 Å². The molecule has 31 heteroatoms. The third-order valence-corrected chi connectivity index (χ3v) is 20.7. The van der Waals surface area contributed by atoms with Gasteiger partial charge in [0.2, 0.25) is 53.2 Å². The molecule has 3 fully saturated rings. The van der Waals surface area contributed by atoms with E-state index in [1.165, 1.54) is 56.9 Å². The van der Waals surface area contributed by atoms with Crippen molar-refractivity contribution in [1.82, 2.24) is 54.7 Å². The fourth-order valence-electron chi connectivity index (χ4n) is 14.2. The summed E-state index contributed by atoms with van der Waals surface area (Å²) in [4.78, 5) is 186. The van der Waals surface area contributed by atoms with Gasteiger partial charge in [0.05, 0.1) is 31.7 Å². The second-order valence-electron chi connectivity index (χ2n) is 29.0. The minimum absolute atomic E-state index is 0.00668. The maximum atomic E-state index is 15.7. The number of carbonyl (C=O) groups is 12. The smallest absolute Gasteiger partial charge is 0.378 e. The zero-order chi connectivity index (χ0) is 79.2. The maximum Gasteiger partial charge on any atom is 0.416 e. The number of halogens is 6. The molecular formula is C75H112F6N12O13. The summed E-state index contributed by atoms with van der Waals surface area (Å²) < 4.78 is 88.3. The van der Waals surface area contributed by atoms with Gasteiger partial charge in [-0.3, -0.25) is 57.7 Å². The van der Waals surface area contributed by atoms with Crippen molar-refractivity contribution in [3.63, 3.8) is 0 Å². The first-order chi connectivity index (χ1) is 49.9. The molecule has 14 amide bonds. The largest absolute Gasteiger partial charge is 0.416 e. The van der Waals surface area contributed by atoms with Crippen molar-refractivity contribution < 1.29 is 88.6 Å². The standard InChI is InChI=1S/C75H112F6N12O13/c1-14-18-36-92(60(95)27-23-24-51-42-54(76)62(78)55(77)43-51)72(104)84-74(32-21-22-33-74)71(103)89(13)64(52-25-19-20-26-52)70(102)88(12)57(68(100)90-37-39-106-40-38-90)45-61(96)87(11)56(41-47(5)6)65(97)83-63(48(7)17-4)69(101)86(10)49(8)66(98)93(35-16-3)73(105)91(34-15-2)58(67(99)85(9)46-59(82)94)44-50-28-30-53(31-29-50)75(79,80)81/h28-31,42-43,47-49,52,56-58,63-64H,14-27,32-41,44-46H2,1-13H3,(H2,82,94)(H,83,97)(H,84,104)/t48-,49-,56-,57-,58-,63-,64-/m0/s1. The summed E-state index contributed by atoms with van der Waals surface area (Å²) in [6.07, 6.45) is -0.336. The number of primary amides is 1. The first-order valence-electron chi connectivity index (χ1n) is 37.2. The Morgan fingerprint density at radius 3 is 1.79 bits per heavy atom. The van der Waals surface area contributed by atoms with Crippen LogP contribution in [0.5, 0.6) is 0 Å². The van der Waals surface area contributed by atoms with Crippen molar-refractivity contribution >= 4 is 71.1 Å². The molecule has 2 saturated carbocycles. The van der Waals surface area contributed by atoms with Crippen molar-refractivity contribution in [2.45, 2.75) is 225 Å². The minimum atomic E-state index is -4.68. The van der Waals surface area contributed by atoms with Gasteiger partial charge in [-0.25, -0.2) is 22.8 Å². The summed E-state index contributed by atoms with van der Waals surface area (Å²) in [5, 5.41) is 5.78. The van der Waals surface area contributed by atoms with Crippen molar-refractivity contribution in [3.8, 4) is 0 Å². The number of ether oxygens (including phenoxy) is 1. The lowest BCUT2D eigenvalue weighted by Gasteiger charge is -2.42. The molecule has 1 saturated heterocycles. The van der Waals surface area contributed by atoms with Gasteiger partial charge in [-0.15, -0.1) is 0 Å². The normalized spacial score (nSPS) is 16.5. The predicted molar refractivity (Wildman–Crippen MR) is 382 cm³/mol. The van der Waals surface area contributed by atoms with E-state index < -0.39 is 167 Å². The molecule has 0 bridgehead atoms. The maximum absolute atomic E-state index is 15.7. The summed E-state index contributed by atoms with van der Waals surface area (Å²) in [5.74, 6) is -13.1. The molecule has 2 aliphatic carbocycles. The molecule has 1 aliphatic heterocycles. The van der Waals surface area contributed by atoms with Crippen LogP contribution in [-0.2, 0) is 71.7 Å². The average Bonchev–Trinajstić information content (AvgIpc) is 1.46. The number of nitrogens with two attached hydrogens (primary N) is 1. The molecule has 5 rings (SSSR count). The summed E-state index contributed by atoms with van der Waals surface area (Å²) in [6.45, 7) is 13.3. The van der Waals surface area contributed by atoms with Crippen LogP contribution in [-0.4, -0.2) is 245 Å². The van der Waals surface area contributed by atoms with Gasteiger partial charge >= 0.3 is 18.2 Å². The minimum Gasteiger partial charge on any atom is -0.378 e. The van der Waals surface area contributed by atoms with E-state index in [0.29, 0.717) is 57.8 Å². The fourth-order valence-corrected chi connectivity index (χ4v) is 14.2. The number of nitrogens with zero attached hydrogens (tertiary/aromatic N) is 9. The Morgan fingerprint density at radius 1 is 0.660 bits per heavy atom. The Balaban J connectivity index is 1.42. The number of unbranched alkanes of at least 4 members (excludes halogenated alkanes) is 1. The predicted octanol–water partition coefficient (Wildman–Crippen LogP) is 8.07. The second-order valence-corrected chi connectivity index (χ2v) is 29.0. The summed E-state index contributed by atoms with van der Waals surface area (Å²) >= 11 is 0. The van der Waals surface area contributed by atoms with E-state index in [-0.39, 0.29) is 121 Å². The Morgan fingerprint density at radius 2 is 1.25 bits per heavy atom. The van der Waals surface area contributed by atoms with Crippen LogP contribution in [0.3, 0.4) is 0 Å². The number of rotatable bonds is 36. The van der Waals surface area contributed by atoms with Crippen molar-refractivity contribution in [3.05, 3.63) is 70.5 Å². The van der Waals surface area contributed by atoms with Gasteiger partial charge in [0.1, 0.15) is 41.8 Å². The highest BCUT2D eigenvalue weighted by molar-refractivity contribution is 6.02. The van der Waals surface area contributed by atoms with Gasteiger partial charge in [-0.05, 0) is 124 Å². The number of aryl methyl sites for hydroxylation is 1. The summed E-state index contributed by atoms with van der Waals surface area (Å²) in [7, 11) is 6.80. The zero-order valence-corrected chi connectivity index (χ0v) is 63.9. The third kappa shape index (κ3) is 23.1.